The van der Waals surface area contributed by atoms with Gasteiger partial charge in [-0.3, -0.25) is 4.98 Å². The average Bonchev–Trinajstić information content (AvgIpc) is 2.49. The lowest BCUT2D eigenvalue weighted by Crippen LogP contribution is -1.71. The van der Waals surface area contributed by atoms with Crippen molar-refractivity contribution in [1.82, 2.24) is 4.98 Å². The maximum Gasteiger partial charge on any atom is 0.0273 e. The van der Waals surface area contributed by atoms with E-state index in [4.69, 9.17) is 0 Å². The van der Waals surface area contributed by atoms with E-state index in [1.54, 1.807) is 18.5 Å². The molecule has 90 valence electrons. The van der Waals surface area contributed by atoms with Crippen LogP contribution in [0, 0.1) is 0 Å². The molecule has 2 rings (SSSR count). The molecule has 18 heavy (non-hydrogen) atoms. The first-order valence-corrected chi connectivity index (χ1v) is 5.67. The van der Waals surface area contributed by atoms with Gasteiger partial charge >= 0.3 is 0 Å². The summed E-state index contributed by atoms with van der Waals surface area (Å²) in [7, 11) is 0. The monoisotopic (exact) mass is 235 g/mol. The summed E-state index contributed by atoms with van der Waals surface area (Å²) < 4.78 is 0. The van der Waals surface area contributed by atoms with E-state index >= 15 is 0 Å². The van der Waals surface area contributed by atoms with Crippen LogP contribution in [0.2, 0.25) is 0 Å². The number of rotatable bonds is 3. The molecule has 0 amide bonds. The average molecular weight is 235 g/mol. The molecule has 0 aliphatic heterocycles. The smallest absolute Gasteiger partial charge is 0.0273 e. The van der Waals surface area contributed by atoms with E-state index in [-0.39, 0.29) is 0 Å². The van der Waals surface area contributed by atoms with Crippen molar-refractivity contribution < 1.29 is 0 Å². The normalized spacial score (nSPS) is 8.67. The molecule has 0 aliphatic rings. The van der Waals surface area contributed by atoms with Crippen molar-refractivity contribution in [1.29, 1.82) is 0 Å². The van der Waals surface area contributed by atoms with E-state index in [1.807, 2.05) is 48.6 Å². The van der Waals surface area contributed by atoms with E-state index < -0.39 is 0 Å². The van der Waals surface area contributed by atoms with Crippen molar-refractivity contribution in [3.8, 4) is 0 Å². The Kier molecular flexibility index (Phi) is 5.91. The molecular formula is C17H17N. The van der Waals surface area contributed by atoms with E-state index in [2.05, 4.69) is 24.7 Å². The second kappa shape index (κ2) is 7.80. The summed E-state index contributed by atoms with van der Waals surface area (Å²) in [6.45, 7) is 10.9. The molecule has 1 heterocycles. The second-order valence-electron chi connectivity index (χ2n) is 3.56. The standard InChI is InChI=1S/C10H10.C7H7N/c1-3-9-5-7-10(4-2)8-6-9;1-2-7-3-5-8-6-4-7/h3-8H,1-2H2;2-6H,1H2. The van der Waals surface area contributed by atoms with Gasteiger partial charge in [-0.15, -0.1) is 0 Å². The number of hydrogen-bond donors (Lipinski definition) is 0. The van der Waals surface area contributed by atoms with E-state index in [0.29, 0.717) is 0 Å². The zero-order chi connectivity index (χ0) is 13.2. The number of nitrogens with zero attached hydrogens (tertiary/aromatic N) is 1. The van der Waals surface area contributed by atoms with Gasteiger partial charge in [0.2, 0.25) is 0 Å². The van der Waals surface area contributed by atoms with E-state index in [0.717, 1.165) is 16.7 Å². The van der Waals surface area contributed by atoms with Crippen LogP contribution in [0.4, 0.5) is 0 Å². The fraction of sp³-hybridized carbons (Fsp3) is 0. The van der Waals surface area contributed by atoms with Crippen LogP contribution in [0.5, 0.6) is 0 Å². The van der Waals surface area contributed by atoms with Crippen LogP contribution in [0.15, 0.2) is 68.5 Å². The molecule has 0 bridgehead atoms. The molecule has 0 radical (unpaired) electrons. The largest absolute Gasteiger partial charge is 0.265 e. The van der Waals surface area contributed by atoms with Crippen LogP contribution >= 0.6 is 0 Å². The zero-order valence-corrected chi connectivity index (χ0v) is 10.4. The highest BCUT2D eigenvalue weighted by Gasteiger charge is 1.84. The Hall–Kier alpha value is -2.41. The summed E-state index contributed by atoms with van der Waals surface area (Å²) in [4.78, 5) is 3.85. The molecule has 1 aromatic carbocycles. The van der Waals surface area contributed by atoms with Gasteiger partial charge in [-0.25, -0.2) is 0 Å². The van der Waals surface area contributed by atoms with Crippen LogP contribution < -0.4 is 0 Å². The molecule has 0 saturated heterocycles. The molecule has 0 fully saturated rings. The van der Waals surface area contributed by atoms with Gasteiger partial charge < -0.3 is 0 Å². The summed E-state index contributed by atoms with van der Waals surface area (Å²) in [6.07, 6.45) is 8.94. The molecule has 2 aromatic rings. The second-order valence-corrected chi connectivity index (χ2v) is 3.56. The van der Waals surface area contributed by atoms with Gasteiger partial charge in [0.05, 0.1) is 0 Å². The fourth-order valence-electron chi connectivity index (χ4n) is 1.27. The summed E-state index contributed by atoms with van der Waals surface area (Å²) in [6, 6.07) is 11.9. The highest BCUT2D eigenvalue weighted by atomic mass is 14.6. The van der Waals surface area contributed by atoms with Crippen molar-refractivity contribution >= 4 is 18.2 Å². The third-order valence-corrected chi connectivity index (χ3v) is 2.35. The molecule has 1 aromatic heterocycles. The van der Waals surface area contributed by atoms with Crippen molar-refractivity contribution in [3.05, 3.63) is 85.2 Å². The Morgan fingerprint density at radius 1 is 0.611 bits per heavy atom. The third kappa shape index (κ3) is 4.62. The van der Waals surface area contributed by atoms with Crippen LogP contribution in [0.3, 0.4) is 0 Å². The highest BCUT2D eigenvalue weighted by molar-refractivity contribution is 5.53. The number of pyridine rings is 1. The minimum atomic E-state index is 1.11. The Labute approximate surface area is 109 Å². The van der Waals surface area contributed by atoms with Gasteiger partial charge in [0.25, 0.3) is 0 Å². The van der Waals surface area contributed by atoms with Gasteiger partial charge in [-0.1, -0.05) is 62.2 Å². The number of aromatic nitrogens is 1. The number of hydrogen-bond acceptors (Lipinski definition) is 1. The molecular weight excluding hydrogens is 218 g/mol. The van der Waals surface area contributed by atoms with Crippen LogP contribution in [-0.2, 0) is 0 Å². The minimum absolute atomic E-state index is 1.11. The molecule has 0 unspecified atom stereocenters. The Balaban J connectivity index is 0.000000184. The van der Waals surface area contributed by atoms with E-state index in [1.165, 1.54) is 0 Å². The maximum atomic E-state index is 3.85. The van der Waals surface area contributed by atoms with Crippen molar-refractivity contribution in [2.45, 2.75) is 0 Å². The third-order valence-electron chi connectivity index (χ3n) is 2.35. The van der Waals surface area contributed by atoms with Crippen LogP contribution in [0.25, 0.3) is 18.2 Å². The quantitative estimate of drug-likeness (QED) is 0.751. The predicted octanol–water partition coefficient (Wildman–Crippen LogP) is 4.70. The lowest BCUT2D eigenvalue weighted by molar-refractivity contribution is 1.32. The van der Waals surface area contributed by atoms with E-state index in [9.17, 15) is 0 Å². The molecule has 1 heteroatoms. The molecule has 0 aliphatic carbocycles. The van der Waals surface area contributed by atoms with Crippen LogP contribution in [-0.4, -0.2) is 4.98 Å². The SMILES string of the molecule is C=Cc1ccc(C=C)cc1.C=Cc1ccncc1. The molecule has 0 spiro atoms. The first-order chi connectivity index (χ1) is 8.80. The fourth-order valence-corrected chi connectivity index (χ4v) is 1.27. The van der Waals surface area contributed by atoms with Crippen molar-refractivity contribution in [2.75, 3.05) is 0 Å². The zero-order valence-electron chi connectivity index (χ0n) is 10.4. The predicted molar refractivity (Wildman–Crippen MR) is 81.0 cm³/mol. The first kappa shape index (κ1) is 13.7. The van der Waals surface area contributed by atoms with Gasteiger partial charge in [0.15, 0.2) is 0 Å². The Bertz CT molecular complexity index is 468. The molecule has 1 nitrogen and oxygen atoms in total. The maximum absolute atomic E-state index is 3.85. The summed E-state index contributed by atoms with van der Waals surface area (Å²) >= 11 is 0. The molecule has 0 atom stereocenters. The van der Waals surface area contributed by atoms with Gasteiger partial charge in [-0.05, 0) is 28.8 Å². The van der Waals surface area contributed by atoms with Crippen molar-refractivity contribution in [3.63, 3.8) is 0 Å². The van der Waals surface area contributed by atoms with Crippen molar-refractivity contribution in [2.24, 2.45) is 0 Å². The first-order valence-electron chi connectivity index (χ1n) is 5.67. The summed E-state index contributed by atoms with van der Waals surface area (Å²) in [5.41, 5.74) is 3.40. The molecule has 0 saturated carbocycles. The highest BCUT2D eigenvalue weighted by Crippen LogP contribution is 2.05. The van der Waals surface area contributed by atoms with Gasteiger partial charge in [-0.2, -0.15) is 0 Å². The Morgan fingerprint density at radius 2 is 0.944 bits per heavy atom. The summed E-state index contributed by atoms with van der Waals surface area (Å²) in [5.74, 6) is 0. The van der Waals surface area contributed by atoms with Gasteiger partial charge in [0.1, 0.15) is 0 Å². The minimum Gasteiger partial charge on any atom is -0.265 e. The molecule has 0 N–H and O–H groups in total. The van der Waals surface area contributed by atoms with Crippen LogP contribution in [0.1, 0.15) is 16.7 Å². The lowest BCUT2D eigenvalue weighted by Gasteiger charge is -1.92. The number of benzene rings is 1. The topological polar surface area (TPSA) is 12.9 Å². The summed E-state index contributed by atoms with van der Waals surface area (Å²) in [5, 5.41) is 0. The van der Waals surface area contributed by atoms with Gasteiger partial charge in [0, 0.05) is 12.4 Å². The lowest BCUT2D eigenvalue weighted by atomic mass is 10.1. The Morgan fingerprint density at radius 3 is 1.22 bits per heavy atom.